The molecule has 0 saturated heterocycles. The first-order valence-electron chi connectivity index (χ1n) is 6.70. The molecule has 0 radical (unpaired) electrons. The highest BCUT2D eigenvalue weighted by atomic mass is 16.3. The van der Waals surface area contributed by atoms with Gasteiger partial charge in [0.05, 0.1) is 11.6 Å². The van der Waals surface area contributed by atoms with Gasteiger partial charge in [0.2, 0.25) is 5.91 Å². The van der Waals surface area contributed by atoms with E-state index >= 15 is 0 Å². The molecule has 110 valence electrons. The first-order chi connectivity index (χ1) is 8.64. The number of rotatable bonds is 4. The molecule has 0 aromatic heterocycles. The molecule has 6 nitrogen and oxygen atoms in total. The molecule has 1 atom stereocenters. The van der Waals surface area contributed by atoms with Crippen molar-refractivity contribution in [3.8, 4) is 0 Å². The fourth-order valence-corrected chi connectivity index (χ4v) is 2.23. The second-order valence-electron chi connectivity index (χ2n) is 6.34. The van der Waals surface area contributed by atoms with Gasteiger partial charge >= 0.3 is 6.03 Å². The zero-order valence-electron chi connectivity index (χ0n) is 12.0. The van der Waals surface area contributed by atoms with Gasteiger partial charge in [0.25, 0.3) is 0 Å². The summed E-state index contributed by atoms with van der Waals surface area (Å²) in [4.78, 5) is 22.0. The summed E-state index contributed by atoms with van der Waals surface area (Å²) < 4.78 is 0. The molecule has 6 heteroatoms. The summed E-state index contributed by atoms with van der Waals surface area (Å²) in [5, 5.41) is 15.4. The van der Waals surface area contributed by atoms with E-state index in [9.17, 15) is 14.7 Å². The lowest BCUT2D eigenvalue weighted by molar-refractivity contribution is -0.122. The van der Waals surface area contributed by atoms with E-state index in [2.05, 4.69) is 19.2 Å². The number of carbonyl (C=O) groups is 2. The Kier molecular flexibility index (Phi) is 4.92. The van der Waals surface area contributed by atoms with Crippen LogP contribution in [-0.4, -0.2) is 35.2 Å². The van der Waals surface area contributed by atoms with E-state index in [-0.39, 0.29) is 5.41 Å². The van der Waals surface area contributed by atoms with Gasteiger partial charge in [-0.1, -0.05) is 13.8 Å². The molecule has 1 saturated carbocycles. The molecular formula is C13H25N3O3. The third-order valence-corrected chi connectivity index (χ3v) is 3.91. The lowest BCUT2D eigenvalue weighted by atomic mass is 9.71. The number of urea groups is 1. The van der Waals surface area contributed by atoms with E-state index in [0.29, 0.717) is 6.54 Å². The van der Waals surface area contributed by atoms with Crippen LogP contribution in [0.4, 0.5) is 4.79 Å². The highest BCUT2D eigenvalue weighted by Crippen LogP contribution is 2.39. The number of amides is 3. The lowest BCUT2D eigenvalue weighted by Crippen LogP contribution is -2.52. The van der Waals surface area contributed by atoms with Crippen LogP contribution in [0.5, 0.6) is 0 Å². The van der Waals surface area contributed by atoms with Crippen molar-refractivity contribution in [3.63, 3.8) is 0 Å². The standard InChI is InChI=1S/C13H25N3O3/c1-9(10(17)16-11(14)18)15-8-13(19)6-4-12(2,3)5-7-13/h9,15,19H,4-8H2,1-3H3,(H3,14,16,17,18). The van der Waals surface area contributed by atoms with Crippen LogP contribution < -0.4 is 16.4 Å². The number of nitrogens with two attached hydrogens (primary N) is 1. The number of imide groups is 1. The van der Waals surface area contributed by atoms with Gasteiger partial charge in [-0.3, -0.25) is 10.1 Å². The topological polar surface area (TPSA) is 104 Å². The van der Waals surface area contributed by atoms with E-state index < -0.39 is 23.6 Å². The zero-order valence-corrected chi connectivity index (χ0v) is 12.0. The quantitative estimate of drug-likeness (QED) is 0.597. The zero-order chi connectivity index (χ0) is 14.7. The number of aliphatic hydroxyl groups is 1. The minimum Gasteiger partial charge on any atom is -0.389 e. The van der Waals surface area contributed by atoms with Gasteiger partial charge < -0.3 is 16.2 Å². The highest BCUT2D eigenvalue weighted by Gasteiger charge is 2.36. The maximum absolute atomic E-state index is 11.5. The van der Waals surface area contributed by atoms with Gasteiger partial charge in [-0.05, 0) is 38.0 Å². The molecule has 0 aliphatic heterocycles. The third-order valence-electron chi connectivity index (χ3n) is 3.91. The van der Waals surface area contributed by atoms with Crippen LogP contribution >= 0.6 is 0 Å². The minimum absolute atomic E-state index is 0.279. The van der Waals surface area contributed by atoms with Crippen molar-refractivity contribution in [2.75, 3.05) is 6.54 Å². The van der Waals surface area contributed by atoms with Gasteiger partial charge in [-0.25, -0.2) is 4.79 Å². The van der Waals surface area contributed by atoms with E-state index in [4.69, 9.17) is 5.73 Å². The van der Waals surface area contributed by atoms with Crippen molar-refractivity contribution >= 4 is 11.9 Å². The molecule has 5 N–H and O–H groups in total. The van der Waals surface area contributed by atoms with Crippen LogP contribution in [0.15, 0.2) is 0 Å². The Hall–Kier alpha value is -1.14. The average Bonchev–Trinajstić information content (AvgIpc) is 2.30. The van der Waals surface area contributed by atoms with Crippen LogP contribution in [0.1, 0.15) is 46.5 Å². The van der Waals surface area contributed by atoms with Crippen molar-refractivity contribution in [1.29, 1.82) is 0 Å². The summed E-state index contributed by atoms with van der Waals surface area (Å²) in [6.07, 6.45) is 3.37. The Labute approximate surface area is 114 Å². The molecule has 0 aromatic rings. The second-order valence-corrected chi connectivity index (χ2v) is 6.34. The van der Waals surface area contributed by atoms with Gasteiger partial charge in [-0.15, -0.1) is 0 Å². The molecule has 0 aromatic carbocycles. The summed E-state index contributed by atoms with van der Waals surface area (Å²) in [7, 11) is 0. The molecule has 1 rings (SSSR count). The summed E-state index contributed by atoms with van der Waals surface area (Å²) in [5.41, 5.74) is 4.39. The fraction of sp³-hybridized carbons (Fsp3) is 0.846. The largest absolute Gasteiger partial charge is 0.389 e. The number of carbonyl (C=O) groups excluding carboxylic acids is 2. The Morgan fingerprint density at radius 3 is 2.26 bits per heavy atom. The highest BCUT2D eigenvalue weighted by molar-refractivity contribution is 5.96. The number of primary amides is 1. The average molecular weight is 271 g/mol. The van der Waals surface area contributed by atoms with Gasteiger partial charge in [0.1, 0.15) is 0 Å². The van der Waals surface area contributed by atoms with Crippen molar-refractivity contribution in [1.82, 2.24) is 10.6 Å². The summed E-state index contributed by atoms with van der Waals surface area (Å²) in [6, 6.07) is -1.43. The van der Waals surface area contributed by atoms with Crippen molar-refractivity contribution < 1.29 is 14.7 Å². The Morgan fingerprint density at radius 2 is 1.79 bits per heavy atom. The van der Waals surface area contributed by atoms with E-state index in [1.165, 1.54) is 0 Å². The number of nitrogens with one attached hydrogen (secondary N) is 2. The maximum atomic E-state index is 11.5. The smallest absolute Gasteiger partial charge is 0.318 e. The molecule has 0 bridgehead atoms. The van der Waals surface area contributed by atoms with Crippen LogP contribution in [0, 0.1) is 5.41 Å². The Bertz CT molecular complexity index is 345. The van der Waals surface area contributed by atoms with Crippen LogP contribution in [0.3, 0.4) is 0 Å². The Morgan fingerprint density at radius 1 is 1.26 bits per heavy atom. The molecular weight excluding hydrogens is 246 g/mol. The van der Waals surface area contributed by atoms with Crippen LogP contribution in [0.25, 0.3) is 0 Å². The van der Waals surface area contributed by atoms with Gasteiger partial charge in [0, 0.05) is 6.54 Å². The third kappa shape index (κ3) is 5.16. The van der Waals surface area contributed by atoms with Gasteiger partial charge in [0.15, 0.2) is 0 Å². The maximum Gasteiger partial charge on any atom is 0.318 e. The minimum atomic E-state index is -0.864. The van der Waals surface area contributed by atoms with E-state index in [1.807, 2.05) is 5.32 Å². The number of hydrogen-bond donors (Lipinski definition) is 4. The summed E-state index contributed by atoms with van der Waals surface area (Å²) >= 11 is 0. The molecule has 3 amide bonds. The van der Waals surface area contributed by atoms with Gasteiger partial charge in [-0.2, -0.15) is 0 Å². The molecule has 1 aliphatic carbocycles. The van der Waals surface area contributed by atoms with E-state index in [0.717, 1.165) is 25.7 Å². The first-order valence-corrected chi connectivity index (χ1v) is 6.70. The molecule has 1 fully saturated rings. The normalized spacial score (nSPS) is 22.5. The molecule has 1 aliphatic rings. The van der Waals surface area contributed by atoms with Crippen molar-refractivity contribution in [2.45, 2.75) is 58.1 Å². The Balaban J connectivity index is 2.39. The molecule has 1 unspecified atom stereocenters. The predicted octanol–water partition coefficient (Wildman–Crippen LogP) is 0.491. The number of hydrogen-bond acceptors (Lipinski definition) is 4. The van der Waals surface area contributed by atoms with E-state index in [1.54, 1.807) is 6.92 Å². The summed E-state index contributed by atoms with van der Waals surface area (Å²) in [6.45, 7) is 6.37. The first kappa shape index (κ1) is 15.9. The van der Waals surface area contributed by atoms with Crippen molar-refractivity contribution in [2.24, 2.45) is 11.1 Å². The fourth-order valence-electron chi connectivity index (χ4n) is 2.23. The monoisotopic (exact) mass is 271 g/mol. The van der Waals surface area contributed by atoms with Crippen molar-refractivity contribution in [3.05, 3.63) is 0 Å². The van der Waals surface area contributed by atoms with Crippen LogP contribution in [-0.2, 0) is 4.79 Å². The molecule has 19 heavy (non-hydrogen) atoms. The second kappa shape index (κ2) is 5.88. The van der Waals surface area contributed by atoms with Crippen LogP contribution in [0.2, 0.25) is 0 Å². The molecule has 0 heterocycles. The lowest BCUT2D eigenvalue weighted by Gasteiger charge is -2.40. The SMILES string of the molecule is CC(NCC1(O)CCC(C)(C)CC1)C(=O)NC(N)=O. The molecule has 0 spiro atoms. The summed E-state index contributed by atoms with van der Waals surface area (Å²) in [5.74, 6) is -0.479. The predicted molar refractivity (Wildman–Crippen MR) is 72.4 cm³/mol.